The lowest BCUT2D eigenvalue weighted by molar-refractivity contribution is 0.0926. The first kappa shape index (κ1) is 12.3. The molecular formula is C15H11FN2O2. The number of hydrogen-bond acceptors (Lipinski definition) is 3. The number of carbonyl (C=O) groups is 2. The van der Waals surface area contributed by atoms with Gasteiger partial charge in [-0.05, 0) is 42.8 Å². The van der Waals surface area contributed by atoms with E-state index in [-0.39, 0.29) is 16.8 Å². The van der Waals surface area contributed by atoms with Crippen LogP contribution in [0.3, 0.4) is 0 Å². The van der Waals surface area contributed by atoms with Crippen molar-refractivity contribution >= 4 is 23.2 Å². The lowest BCUT2D eigenvalue weighted by Crippen LogP contribution is -2.29. The number of fused-ring (bicyclic) bond motifs is 1. The molecule has 100 valence electrons. The van der Waals surface area contributed by atoms with Gasteiger partial charge in [-0.1, -0.05) is 6.07 Å². The molecule has 2 amide bonds. The Labute approximate surface area is 114 Å². The predicted octanol–water partition coefficient (Wildman–Crippen LogP) is 2.52. The van der Waals surface area contributed by atoms with Crippen LogP contribution in [-0.2, 0) is 0 Å². The van der Waals surface area contributed by atoms with Crippen LogP contribution >= 0.6 is 0 Å². The van der Waals surface area contributed by atoms with Crippen molar-refractivity contribution in [3.63, 3.8) is 0 Å². The Balaban J connectivity index is 2.11. The highest BCUT2D eigenvalue weighted by atomic mass is 19.1. The summed E-state index contributed by atoms with van der Waals surface area (Å²) in [6, 6.07) is 8.78. The molecule has 2 aromatic rings. The Morgan fingerprint density at radius 1 is 1.00 bits per heavy atom. The molecule has 1 heterocycles. The topological polar surface area (TPSA) is 63.4 Å². The lowest BCUT2D eigenvalue weighted by Gasteiger charge is -2.14. The molecule has 0 spiro atoms. The number of anilines is 2. The van der Waals surface area contributed by atoms with Crippen molar-refractivity contribution in [3.05, 3.63) is 58.9 Å². The molecule has 2 aromatic carbocycles. The number of imide groups is 1. The minimum absolute atomic E-state index is 0.220. The number of amides is 2. The first-order valence-electron chi connectivity index (χ1n) is 6.03. The van der Waals surface area contributed by atoms with Crippen molar-refractivity contribution in [2.24, 2.45) is 0 Å². The summed E-state index contributed by atoms with van der Waals surface area (Å²) in [5.41, 5.74) is 7.23. The molecule has 0 radical (unpaired) electrons. The normalized spacial score (nSPS) is 13.8. The number of nitrogen functional groups attached to an aromatic ring is 1. The van der Waals surface area contributed by atoms with E-state index < -0.39 is 17.6 Å². The average molecular weight is 270 g/mol. The summed E-state index contributed by atoms with van der Waals surface area (Å²) in [5, 5.41) is 0. The van der Waals surface area contributed by atoms with Gasteiger partial charge < -0.3 is 5.73 Å². The van der Waals surface area contributed by atoms with Gasteiger partial charge in [0.15, 0.2) is 0 Å². The van der Waals surface area contributed by atoms with Crippen molar-refractivity contribution in [2.45, 2.75) is 6.92 Å². The molecule has 20 heavy (non-hydrogen) atoms. The fraction of sp³-hybridized carbons (Fsp3) is 0.0667. The van der Waals surface area contributed by atoms with Gasteiger partial charge in [-0.15, -0.1) is 0 Å². The van der Waals surface area contributed by atoms with Gasteiger partial charge in [-0.3, -0.25) is 9.59 Å². The zero-order chi connectivity index (χ0) is 14.4. The summed E-state index contributed by atoms with van der Waals surface area (Å²) in [5.74, 6) is -1.41. The molecule has 0 aliphatic carbocycles. The zero-order valence-corrected chi connectivity index (χ0v) is 10.7. The molecule has 0 unspecified atom stereocenters. The molecule has 4 nitrogen and oxygen atoms in total. The number of nitrogens with zero attached hydrogens (tertiary/aromatic N) is 1. The maximum absolute atomic E-state index is 13.6. The molecular weight excluding hydrogens is 259 g/mol. The van der Waals surface area contributed by atoms with E-state index in [1.807, 2.05) is 0 Å². The van der Waals surface area contributed by atoms with E-state index in [9.17, 15) is 14.0 Å². The fourth-order valence-electron chi connectivity index (χ4n) is 2.21. The quantitative estimate of drug-likeness (QED) is 0.639. The van der Waals surface area contributed by atoms with Crippen molar-refractivity contribution < 1.29 is 14.0 Å². The molecule has 2 N–H and O–H groups in total. The van der Waals surface area contributed by atoms with Gasteiger partial charge in [0, 0.05) is 5.69 Å². The van der Waals surface area contributed by atoms with Crippen molar-refractivity contribution in [2.75, 3.05) is 10.6 Å². The second-order valence-electron chi connectivity index (χ2n) is 4.68. The molecule has 0 saturated carbocycles. The van der Waals surface area contributed by atoms with Crippen LogP contribution in [0.25, 0.3) is 0 Å². The lowest BCUT2D eigenvalue weighted by atomic mass is 10.1. The Morgan fingerprint density at radius 3 is 2.40 bits per heavy atom. The number of benzene rings is 2. The van der Waals surface area contributed by atoms with E-state index in [2.05, 4.69) is 0 Å². The SMILES string of the molecule is Cc1ccc(N2C(=O)c3ccc(N)cc3C2=O)cc1F. The number of carbonyl (C=O) groups excluding carboxylic acids is 2. The molecule has 0 saturated heterocycles. The highest BCUT2D eigenvalue weighted by Gasteiger charge is 2.36. The number of rotatable bonds is 1. The van der Waals surface area contributed by atoms with Gasteiger partial charge in [-0.25, -0.2) is 9.29 Å². The second-order valence-corrected chi connectivity index (χ2v) is 4.68. The third-order valence-corrected chi connectivity index (χ3v) is 3.32. The van der Waals surface area contributed by atoms with Crippen LogP contribution in [0.2, 0.25) is 0 Å². The highest BCUT2D eigenvalue weighted by molar-refractivity contribution is 6.34. The maximum Gasteiger partial charge on any atom is 0.266 e. The number of halogens is 1. The van der Waals surface area contributed by atoms with Crippen LogP contribution in [0.1, 0.15) is 26.3 Å². The predicted molar refractivity (Wildman–Crippen MR) is 73.1 cm³/mol. The van der Waals surface area contributed by atoms with E-state index in [1.165, 1.54) is 24.3 Å². The zero-order valence-electron chi connectivity index (χ0n) is 10.7. The third-order valence-electron chi connectivity index (χ3n) is 3.32. The Bertz CT molecular complexity index is 756. The summed E-state index contributed by atoms with van der Waals surface area (Å²) in [4.78, 5) is 25.5. The molecule has 5 heteroatoms. The van der Waals surface area contributed by atoms with Crippen LogP contribution in [-0.4, -0.2) is 11.8 Å². The van der Waals surface area contributed by atoms with Crippen LogP contribution in [0.15, 0.2) is 36.4 Å². The van der Waals surface area contributed by atoms with Crippen molar-refractivity contribution in [1.29, 1.82) is 0 Å². The summed E-state index contributed by atoms with van der Waals surface area (Å²) < 4.78 is 13.6. The average Bonchev–Trinajstić information content (AvgIpc) is 2.65. The first-order valence-corrected chi connectivity index (χ1v) is 6.03. The Hall–Kier alpha value is -2.69. The third kappa shape index (κ3) is 1.67. The molecule has 0 bridgehead atoms. The molecule has 0 aromatic heterocycles. The summed E-state index contributed by atoms with van der Waals surface area (Å²) >= 11 is 0. The number of hydrogen-bond donors (Lipinski definition) is 1. The standard InChI is InChI=1S/C15H11FN2O2/c1-8-2-4-10(7-13(8)16)18-14(19)11-5-3-9(17)6-12(11)15(18)20/h2-7H,17H2,1H3. The molecule has 3 rings (SSSR count). The van der Waals surface area contributed by atoms with Gasteiger partial charge in [0.1, 0.15) is 5.82 Å². The minimum Gasteiger partial charge on any atom is -0.399 e. The van der Waals surface area contributed by atoms with E-state index in [4.69, 9.17) is 5.73 Å². The van der Waals surface area contributed by atoms with Gasteiger partial charge in [0.2, 0.25) is 0 Å². The van der Waals surface area contributed by atoms with Gasteiger partial charge >= 0.3 is 0 Å². The number of nitrogens with two attached hydrogens (primary N) is 1. The molecule has 0 atom stereocenters. The summed E-state index contributed by atoms with van der Waals surface area (Å²) in [6.07, 6.45) is 0. The Morgan fingerprint density at radius 2 is 1.70 bits per heavy atom. The van der Waals surface area contributed by atoms with E-state index in [1.54, 1.807) is 19.1 Å². The first-order chi connectivity index (χ1) is 9.49. The summed E-state index contributed by atoms with van der Waals surface area (Å²) in [6.45, 7) is 1.61. The highest BCUT2D eigenvalue weighted by Crippen LogP contribution is 2.30. The number of aryl methyl sites for hydroxylation is 1. The molecule has 1 aliphatic heterocycles. The molecule has 0 fully saturated rings. The monoisotopic (exact) mass is 270 g/mol. The van der Waals surface area contributed by atoms with Crippen LogP contribution in [0.5, 0.6) is 0 Å². The van der Waals surface area contributed by atoms with E-state index in [0.29, 0.717) is 11.3 Å². The summed E-state index contributed by atoms with van der Waals surface area (Å²) in [7, 11) is 0. The van der Waals surface area contributed by atoms with Gasteiger partial charge in [0.05, 0.1) is 16.8 Å². The van der Waals surface area contributed by atoms with Crippen molar-refractivity contribution in [1.82, 2.24) is 0 Å². The molecule has 1 aliphatic rings. The minimum atomic E-state index is -0.486. The van der Waals surface area contributed by atoms with Gasteiger partial charge in [-0.2, -0.15) is 0 Å². The smallest absolute Gasteiger partial charge is 0.266 e. The second kappa shape index (κ2) is 4.16. The van der Waals surface area contributed by atoms with E-state index >= 15 is 0 Å². The fourth-order valence-corrected chi connectivity index (χ4v) is 2.21. The van der Waals surface area contributed by atoms with E-state index in [0.717, 1.165) is 4.90 Å². The van der Waals surface area contributed by atoms with Crippen LogP contribution in [0, 0.1) is 12.7 Å². The Kier molecular flexibility index (Phi) is 2.57. The maximum atomic E-state index is 13.6. The largest absolute Gasteiger partial charge is 0.399 e. The van der Waals surface area contributed by atoms with Gasteiger partial charge in [0.25, 0.3) is 11.8 Å². The van der Waals surface area contributed by atoms with Crippen LogP contribution < -0.4 is 10.6 Å². The van der Waals surface area contributed by atoms with Crippen LogP contribution in [0.4, 0.5) is 15.8 Å². The van der Waals surface area contributed by atoms with Crippen molar-refractivity contribution in [3.8, 4) is 0 Å².